The average Bonchev–Trinajstić information content (AvgIpc) is 3.99. The van der Waals surface area contributed by atoms with Crippen molar-refractivity contribution in [3.63, 3.8) is 0 Å². The van der Waals surface area contributed by atoms with E-state index in [0.717, 1.165) is 55.0 Å². The number of hydrogen-bond acceptors (Lipinski definition) is 2. The predicted octanol–water partition coefficient (Wildman–Crippen LogP) is 17.9. The van der Waals surface area contributed by atoms with Crippen molar-refractivity contribution in [1.29, 1.82) is 0 Å². The monoisotopic (exact) mass is 828 g/mol. The lowest BCUT2D eigenvalue weighted by Crippen LogP contribution is -2.14. The molecule has 0 spiro atoms. The minimum absolute atomic E-state index is 0.0533. The second-order valence-corrected chi connectivity index (χ2v) is 18.4. The second-order valence-electron chi connectivity index (χ2n) is 18.4. The molecule has 13 aromatic rings. The van der Waals surface area contributed by atoms with E-state index in [0.29, 0.717) is 0 Å². The molecule has 2 nitrogen and oxygen atoms in total. The Balaban J connectivity index is 0.823. The molecule has 2 heterocycles. The molecule has 0 aliphatic heterocycles. The standard InChI is InChI=1S/C63H40O2/c1-63(2)56-22-8-7-20-50(56)62-44(21-11-23-57(62)63)43-26-29-59-53(34-43)55-36-60-54(35-61(55)65-59)52-33-42(25-28-58(52)64-60)40-15-10-13-38(31-40)37-12-9-14-39(30-37)41-24-27-49-47-18-4-3-16-45(47)46-17-5-6-19-48(46)51(49)32-41/h3-36H,1-2H3. The highest BCUT2D eigenvalue weighted by atomic mass is 16.3. The third-order valence-corrected chi connectivity index (χ3v) is 14.4. The molecular formula is C63H40O2. The highest BCUT2D eigenvalue weighted by molar-refractivity contribution is 6.26. The molecule has 0 radical (unpaired) electrons. The Bertz CT molecular complexity index is 4120. The fourth-order valence-corrected chi connectivity index (χ4v) is 11.2. The van der Waals surface area contributed by atoms with Gasteiger partial charge in [-0.25, -0.2) is 0 Å². The van der Waals surface area contributed by atoms with Crippen molar-refractivity contribution in [3.05, 3.63) is 217 Å². The zero-order chi connectivity index (χ0) is 43.0. The zero-order valence-electron chi connectivity index (χ0n) is 35.9. The minimum Gasteiger partial charge on any atom is -0.456 e. The van der Waals surface area contributed by atoms with Crippen LogP contribution in [0.4, 0.5) is 0 Å². The van der Waals surface area contributed by atoms with Gasteiger partial charge in [-0.3, -0.25) is 0 Å². The summed E-state index contributed by atoms with van der Waals surface area (Å²) in [4.78, 5) is 0. The summed E-state index contributed by atoms with van der Waals surface area (Å²) < 4.78 is 13.2. The van der Waals surface area contributed by atoms with Gasteiger partial charge in [-0.15, -0.1) is 0 Å². The molecule has 0 saturated heterocycles. The lowest BCUT2D eigenvalue weighted by molar-refractivity contribution is 0.660. The molecule has 0 saturated carbocycles. The Morgan fingerprint density at radius 2 is 0.662 bits per heavy atom. The summed E-state index contributed by atoms with van der Waals surface area (Å²) in [6.07, 6.45) is 0. The van der Waals surface area contributed by atoms with Crippen LogP contribution < -0.4 is 0 Å². The van der Waals surface area contributed by atoms with E-state index < -0.39 is 0 Å². The van der Waals surface area contributed by atoms with Gasteiger partial charge in [0.2, 0.25) is 0 Å². The molecule has 2 heteroatoms. The van der Waals surface area contributed by atoms with Gasteiger partial charge in [0, 0.05) is 27.0 Å². The maximum absolute atomic E-state index is 6.59. The lowest BCUT2D eigenvalue weighted by atomic mass is 9.82. The first-order valence-corrected chi connectivity index (χ1v) is 22.6. The van der Waals surface area contributed by atoms with Crippen LogP contribution in [0.5, 0.6) is 0 Å². The van der Waals surface area contributed by atoms with Gasteiger partial charge >= 0.3 is 0 Å². The van der Waals surface area contributed by atoms with Gasteiger partial charge in [-0.1, -0.05) is 166 Å². The van der Waals surface area contributed by atoms with Crippen LogP contribution >= 0.6 is 0 Å². The largest absolute Gasteiger partial charge is 0.456 e. The van der Waals surface area contributed by atoms with E-state index in [1.807, 2.05) is 0 Å². The first-order chi connectivity index (χ1) is 31.9. The number of furan rings is 2. The van der Waals surface area contributed by atoms with Crippen LogP contribution in [0.25, 0.3) is 132 Å². The summed E-state index contributed by atoms with van der Waals surface area (Å²) in [6, 6.07) is 75.4. The Kier molecular flexibility index (Phi) is 7.49. The van der Waals surface area contributed by atoms with Crippen molar-refractivity contribution in [2.45, 2.75) is 19.3 Å². The SMILES string of the molecule is CC1(C)c2ccccc2-c2c(-c3ccc4oc5cc6c(cc5c4c3)oc3ccc(-c4cccc(-c5cccc(-c7ccc8c9ccccc9c9ccccc9c8c7)c5)c4)cc36)cccc21. The quantitative estimate of drug-likeness (QED) is 0.165. The summed E-state index contributed by atoms with van der Waals surface area (Å²) in [5.41, 5.74) is 18.3. The molecule has 1 aliphatic carbocycles. The fraction of sp³-hybridized carbons (Fsp3) is 0.0476. The van der Waals surface area contributed by atoms with Gasteiger partial charge in [0.15, 0.2) is 0 Å². The van der Waals surface area contributed by atoms with Crippen molar-refractivity contribution in [3.8, 4) is 55.6 Å². The van der Waals surface area contributed by atoms with E-state index in [1.54, 1.807) is 0 Å². The number of rotatable bonds is 4. The van der Waals surface area contributed by atoms with Crippen LogP contribution in [0.1, 0.15) is 25.0 Å². The van der Waals surface area contributed by atoms with Crippen molar-refractivity contribution in [2.24, 2.45) is 0 Å². The molecule has 1 aliphatic rings. The average molecular weight is 829 g/mol. The van der Waals surface area contributed by atoms with Gasteiger partial charge in [0.1, 0.15) is 22.3 Å². The Hall–Kier alpha value is -8.20. The maximum Gasteiger partial charge on any atom is 0.136 e. The molecule has 14 rings (SSSR count). The van der Waals surface area contributed by atoms with Crippen molar-refractivity contribution in [2.75, 3.05) is 0 Å². The summed E-state index contributed by atoms with van der Waals surface area (Å²) in [7, 11) is 0. The normalized spacial score (nSPS) is 13.2. The number of benzene rings is 11. The van der Waals surface area contributed by atoms with Crippen molar-refractivity contribution >= 4 is 76.2 Å². The van der Waals surface area contributed by atoms with Crippen molar-refractivity contribution < 1.29 is 8.83 Å². The molecule has 0 atom stereocenters. The Labute approximate surface area is 375 Å². The van der Waals surface area contributed by atoms with Crippen LogP contribution in [0.2, 0.25) is 0 Å². The Morgan fingerprint density at radius 3 is 1.26 bits per heavy atom. The second kappa shape index (κ2) is 13.4. The van der Waals surface area contributed by atoms with Gasteiger partial charge in [0.05, 0.1) is 0 Å². The van der Waals surface area contributed by atoms with Crippen molar-refractivity contribution in [1.82, 2.24) is 0 Å². The third-order valence-electron chi connectivity index (χ3n) is 14.4. The molecule has 65 heavy (non-hydrogen) atoms. The highest BCUT2D eigenvalue weighted by Crippen LogP contribution is 2.52. The van der Waals surface area contributed by atoms with Gasteiger partial charge in [-0.05, 0) is 154 Å². The predicted molar refractivity (Wildman–Crippen MR) is 273 cm³/mol. The fourth-order valence-electron chi connectivity index (χ4n) is 11.2. The summed E-state index contributed by atoms with van der Waals surface area (Å²) in [5.74, 6) is 0. The molecule has 2 aromatic heterocycles. The molecule has 0 fully saturated rings. The van der Waals surface area contributed by atoms with E-state index in [1.165, 1.54) is 88.0 Å². The topological polar surface area (TPSA) is 26.3 Å². The van der Waals surface area contributed by atoms with E-state index >= 15 is 0 Å². The smallest absolute Gasteiger partial charge is 0.136 e. The van der Waals surface area contributed by atoms with Gasteiger partial charge < -0.3 is 8.83 Å². The summed E-state index contributed by atoms with van der Waals surface area (Å²) >= 11 is 0. The minimum atomic E-state index is -0.0533. The third kappa shape index (κ3) is 5.35. The van der Waals surface area contributed by atoms with Crippen LogP contribution in [-0.4, -0.2) is 0 Å². The van der Waals surface area contributed by atoms with Crippen LogP contribution in [0.15, 0.2) is 215 Å². The molecule has 304 valence electrons. The summed E-state index contributed by atoms with van der Waals surface area (Å²) in [6.45, 7) is 4.67. The number of fused-ring (bicyclic) bond motifs is 15. The first-order valence-electron chi connectivity index (χ1n) is 22.6. The van der Waals surface area contributed by atoms with Crippen LogP contribution in [-0.2, 0) is 5.41 Å². The van der Waals surface area contributed by atoms with E-state index in [4.69, 9.17) is 8.83 Å². The van der Waals surface area contributed by atoms with Crippen LogP contribution in [0, 0.1) is 0 Å². The molecular weight excluding hydrogens is 789 g/mol. The lowest BCUT2D eigenvalue weighted by Gasteiger charge is -2.21. The van der Waals surface area contributed by atoms with E-state index in [9.17, 15) is 0 Å². The Morgan fingerprint density at radius 1 is 0.262 bits per heavy atom. The molecule has 0 unspecified atom stereocenters. The maximum atomic E-state index is 6.59. The molecule has 0 bridgehead atoms. The molecule has 0 amide bonds. The zero-order valence-corrected chi connectivity index (χ0v) is 35.9. The van der Waals surface area contributed by atoms with Crippen LogP contribution in [0.3, 0.4) is 0 Å². The van der Waals surface area contributed by atoms with E-state index in [-0.39, 0.29) is 5.41 Å². The van der Waals surface area contributed by atoms with E-state index in [2.05, 4.69) is 220 Å². The first kappa shape index (κ1) is 36.3. The number of hydrogen-bond donors (Lipinski definition) is 0. The summed E-state index contributed by atoms with van der Waals surface area (Å²) in [5, 5.41) is 12.0. The van der Waals surface area contributed by atoms with Gasteiger partial charge in [0.25, 0.3) is 0 Å². The highest BCUT2D eigenvalue weighted by Gasteiger charge is 2.36. The molecule has 0 N–H and O–H groups in total. The van der Waals surface area contributed by atoms with Gasteiger partial charge in [-0.2, -0.15) is 0 Å². The molecule has 11 aromatic carbocycles.